The Kier molecular flexibility index (Phi) is 4.34. The van der Waals surface area contributed by atoms with Crippen LogP contribution in [0.1, 0.15) is 16.7 Å². The van der Waals surface area contributed by atoms with Crippen molar-refractivity contribution in [2.24, 2.45) is 0 Å². The van der Waals surface area contributed by atoms with Crippen molar-refractivity contribution >= 4 is 11.5 Å². The summed E-state index contributed by atoms with van der Waals surface area (Å²) in [6, 6.07) is 5.75. The van der Waals surface area contributed by atoms with Crippen molar-refractivity contribution in [3.63, 3.8) is 0 Å². The maximum absolute atomic E-state index is 12.3. The second-order valence-corrected chi connectivity index (χ2v) is 5.44. The third kappa shape index (κ3) is 2.66. The number of rotatable bonds is 5. The number of hydrogen-bond donors (Lipinski definition) is 2. The van der Waals surface area contributed by atoms with Crippen LogP contribution in [-0.4, -0.2) is 44.0 Å². The number of hydrogen-bond acceptors (Lipinski definition) is 4. The van der Waals surface area contributed by atoms with Gasteiger partial charge in [-0.2, -0.15) is 0 Å². The van der Waals surface area contributed by atoms with Gasteiger partial charge in [-0.1, -0.05) is 23.8 Å². The molecular formula is C16H21NO4. The minimum atomic E-state index is -1.02. The van der Waals surface area contributed by atoms with E-state index in [9.17, 15) is 9.90 Å². The van der Waals surface area contributed by atoms with E-state index in [-0.39, 0.29) is 24.9 Å². The van der Waals surface area contributed by atoms with E-state index in [0.717, 1.165) is 16.7 Å². The first-order valence-corrected chi connectivity index (χ1v) is 6.77. The first kappa shape index (κ1) is 15.5. The van der Waals surface area contributed by atoms with Gasteiger partial charge in [0.1, 0.15) is 11.3 Å². The summed E-state index contributed by atoms with van der Waals surface area (Å²) in [5.74, 6) is -0.336. The van der Waals surface area contributed by atoms with Crippen molar-refractivity contribution in [1.82, 2.24) is 5.32 Å². The summed E-state index contributed by atoms with van der Waals surface area (Å²) in [6.07, 6.45) is 0. The maximum Gasteiger partial charge on any atom is 0.256 e. The van der Waals surface area contributed by atoms with Crippen LogP contribution in [0.5, 0.6) is 0 Å². The highest BCUT2D eigenvalue weighted by molar-refractivity contribution is 6.23. The summed E-state index contributed by atoms with van der Waals surface area (Å²) in [6.45, 7) is 4.20. The SMILES string of the molecule is COCC1(COC)NC(=O)C(c2ccc(C)cc2C)=C1O. The zero-order valence-corrected chi connectivity index (χ0v) is 12.8. The van der Waals surface area contributed by atoms with Crippen LogP contribution in [0, 0.1) is 13.8 Å². The van der Waals surface area contributed by atoms with Gasteiger partial charge in [-0.25, -0.2) is 0 Å². The first-order chi connectivity index (χ1) is 9.95. The molecule has 2 rings (SSSR count). The van der Waals surface area contributed by atoms with Crippen molar-refractivity contribution in [2.45, 2.75) is 19.4 Å². The molecule has 0 unspecified atom stereocenters. The summed E-state index contributed by atoms with van der Waals surface area (Å²) < 4.78 is 10.3. The lowest BCUT2D eigenvalue weighted by Gasteiger charge is -2.27. The topological polar surface area (TPSA) is 67.8 Å². The average Bonchev–Trinajstić information content (AvgIpc) is 2.63. The Hall–Kier alpha value is -1.85. The fourth-order valence-electron chi connectivity index (χ4n) is 2.77. The molecule has 1 aromatic rings. The lowest BCUT2D eigenvalue weighted by molar-refractivity contribution is -0.117. The monoisotopic (exact) mass is 291 g/mol. The fourth-order valence-corrected chi connectivity index (χ4v) is 2.77. The van der Waals surface area contributed by atoms with Crippen LogP contribution < -0.4 is 5.32 Å². The highest BCUT2D eigenvalue weighted by Crippen LogP contribution is 2.34. The Labute approximate surface area is 124 Å². The predicted octanol–water partition coefficient (Wildman–Crippen LogP) is 1.73. The standard InChI is InChI=1S/C16H21NO4/c1-10-5-6-12(11(2)7-10)13-14(18)16(8-20-3,9-21-4)17-15(13)19/h5-7,18H,8-9H2,1-4H3,(H,17,19). The molecule has 0 spiro atoms. The molecule has 0 atom stereocenters. The van der Waals surface area contributed by atoms with E-state index in [1.807, 2.05) is 32.0 Å². The van der Waals surface area contributed by atoms with E-state index >= 15 is 0 Å². The van der Waals surface area contributed by atoms with Gasteiger partial charge >= 0.3 is 0 Å². The van der Waals surface area contributed by atoms with Gasteiger partial charge in [-0.05, 0) is 25.0 Å². The number of benzene rings is 1. The third-order valence-electron chi connectivity index (χ3n) is 3.70. The molecule has 5 heteroatoms. The molecule has 1 amide bonds. The van der Waals surface area contributed by atoms with Crippen LogP contribution in [0.25, 0.3) is 5.57 Å². The Morgan fingerprint density at radius 1 is 1.19 bits per heavy atom. The van der Waals surface area contributed by atoms with Gasteiger partial charge in [0.05, 0.1) is 18.8 Å². The van der Waals surface area contributed by atoms with Crippen LogP contribution in [0.3, 0.4) is 0 Å². The van der Waals surface area contributed by atoms with Crippen LogP contribution in [0.15, 0.2) is 24.0 Å². The molecule has 1 aliphatic heterocycles. The zero-order valence-electron chi connectivity index (χ0n) is 12.8. The highest BCUT2D eigenvalue weighted by Gasteiger charge is 2.46. The molecule has 114 valence electrons. The number of amides is 1. The van der Waals surface area contributed by atoms with Crippen molar-refractivity contribution in [3.05, 3.63) is 40.6 Å². The van der Waals surface area contributed by atoms with Gasteiger partial charge < -0.3 is 19.9 Å². The molecule has 0 aliphatic carbocycles. The van der Waals surface area contributed by atoms with E-state index in [1.165, 1.54) is 14.2 Å². The smallest absolute Gasteiger partial charge is 0.256 e. The fraction of sp³-hybridized carbons (Fsp3) is 0.438. The van der Waals surface area contributed by atoms with Crippen molar-refractivity contribution in [3.8, 4) is 0 Å². The van der Waals surface area contributed by atoms with Gasteiger partial charge in [0.15, 0.2) is 0 Å². The molecule has 0 bridgehead atoms. The largest absolute Gasteiger partial charge is 0.509 e. The molecule has 0 saturated heterocycles. The second-order valence-electron chi connectivity index (χ2n) is 5.44. The number of ether oxygens (including phenoxy) is 2. The van der Waals surface area contributed by atoms with Crippen molar-refractivity contribution in [1.29, 1.82) is 0 Å². The van der Waals surface area contributed by atoms with Gasteiger partial charge in [0.2, 0.25) is 0 Å². The molecule has 1 aromatic carbocycles. The Bertz CT molecular complexity index is 586. The maximum atomic E-state index is 12.3. The second kappa shape index (κ2) is 5.87. The lowest BCUT2D eigenvalue weighted by atomic mass is 9.94. The van der Waals surface area contributed by atoms with Gasteiger partial charge in [-0.15, -0.1) is 0 Å². The summed E-state index contributed by atoms with van der Waals surface area (Å²) in [5, 5.41) is 13.4. The van der Waals surface area contributed by atoms with E-state index in [1.54, 1.807) is 0 Å². The first-order valence-electron chi connectivity index (χ1n) is 6.77. The number of aliphatic hydroxyl groups is 1. The molecule has 0 aromatic heterocycles. The molecule has 1 heterocycles. The molecule has 2 N–H and O–H groups in total. The number of aryl methyl sites for hydroxylation is 2. The zero-order chi connectivity index (χ0) is 15.6. The molecule has 0 saturated carbocycles. The molecule has 1 aliphatic rings. The van der Waals surface area contributed by atoms with E-state index < -0.39 is 5.54 Å². The lowest BCUT2D eigenvalue weighted by Crippen LogP contribution is -2.52. The predicted molar refractivity (Wildman–Crippen MR) is 80.1 cm³/mol. The number of carbonyl (C=O) groups is 1. The van der Waals surface area contributed by atoms with Crippen LogP contribution in [-0.2, 0) is 14.3 Å². The minimum absolute atomic E-state index is 0.0249. The third-order valence-corrected chi connectivity index (χ3v) is 3.70. The Morgan fingerprint density at radius 2 is 1.81 bits per heavy atom. The molecule has 0 fully saturated rings. The van der Waals surface area contributed by atoms with Crippen LogP contribution in [0.2, 0.25) is 0 Å². The number of nitrogens with one attached hydrogen (secondary N) is 1. The quantitative estimate of drug-likeness (QED) is 0.867. The van der Waals surface area contributed by atoms with Gasteiger partial charge in [0.25, 0.3) is 5.91 Å². The van der Waals surface area contributed by atoms with Crippen molar-refractivity contribution in [2.75, 3.05) is 27.4 Å². The van der Waals surface area contributed by atoms with E-state index in [2.05, 4.69) is 5.32 Å². The number of methoxy groups -OCH3 is 2. The molecule has 0 radical (unpaired) electrons. The minimum Gasteiger partial charge on any atom is -0.509 e. The highest BCUT2D eigenvalue weighted by atomic mass is 16.5. The summed E-state index contributed by atoms with van der Waals surface area (Å²) in [4.78, 5) is 12.3. The van der Waals surface area contributed by atoms with Gasteiger partial charge in [-0.3, -0.25) is 4.79 Å². The Morgan fingerprint density at radius 3 is 2.33 bits per heavy atom. The van der Waals surface area contributed by atoms with Crippen LogP contribution in [0.4, 0.5) is 0 Å². The number of carbonyl (C=O) groups excluding carboxylic acids is 1. The average molecular weight is 291 g/mol. The normalized spacial score (nSPS) is 17.2. The molecular weight excluding hydrogens is 270 g/mol. The number of aliphatic hydroxyl groups excluding tert-OH is 1. The van der Waals surface area contributed by atoms with E-state index in [0.29, 0.717) is 5.57 Å². The summed E-state index contributed by atoms with van der Waals surface area (Å²) in [5.41, 5.74) is 2.05. The summed E-state index contributed by atoms with van der Waals surface area (Å²) >= 11 is 0. The van der Waals surface area contributed by atoms with Crippen LogP contribution >= 0.6 is 0 Å². The molecule has 21 heavy (non-hydrogen) atoms. The van der Waals surface area contributed by atoms with Crippen molar-refractivity contribution < 1.29 is 19.4 Å². The van der Waals surface area contributed by atoms with Gasteiger partial charge in [0, 0.05) is 14.2 Å². The molecule has 5 nitrogen and oxygen atoms in total. The summed E-state index contributed by atoms with van der Waals surface area (Å²) in [7, 11) is 3.04. The Balaban J connectivity index is 2.54. The van der Waals surface area contributed by atoms with E-state index in [4.69, 9.17) is 9.47 Å².